The molecule has 0 radical (unpaired) electrons. The third-order valence-corrected chi connectivity index (χ3v) is 4.43. The van der Waals surface area contributed by atoms with E-state index in [0.29, 0.717) is 30.2 Å². The third-order valence-electron chi connectivity index (χ3n) is 4.43. The smallest absolute Gasteiger partial charge is 0.428 e. The molecule has 0 bridgehead atoms. The molecule has 2 aromatic rings. The van der Waals surface area contributed by atoms with Crippen molar-refractivity contribution in [3.8, 4) is 11.5 Å². The quantitative estimate of drug-likeness (QED) is 0.448. The van der Waals surface area contributed by atoms with Crippen molar-refractivity contribution in [2.75, 3.05) is 20.8 Å². The molecule has 166 valence electrons. The van der Waals surface area contributed by atoms with Crippen LogP contribution < -0.4 is 20.2 Å². The van der Waals surface area contributed by atoms with Gasteiger partial charge in [-0.25, -0.2) is 10.2 Å². The number of hydrazone groups is 1. The van der Waals surface area contributed by atoms with Crippen LogP contribution in [-0.4, -0.2) is 38.5 Å². The minimum Gasteiger partial charge on any atom is -0.493 e. The topological polar surface area (TPSA) is 98.2 Å². The monoisotopic (exact) mass is 427 g/mol. The maximum Gasteiger partial charge on any atom is 0.428 e. The Hall–Kier alpha value is -3.55. The maximum absolute atomic E-state index is 12.1. The molecule has 0 aliphatic rings. The van der Waals surface area contributed by atoms with Crippen molar-refractivity contribution in [1.82, 2.24) is 10.7 Å². The Morgan fingerprint density at radius 2 is 1.65 bits per heavy atom. The highest BCUT2D eigenvalue weighted by atomic mass is 16.6. The van der Waals surface area contributed by atoms with Crippen LogP contribution in [0, 0.1) is 6.92 Å². The Balaban J connectivity index is 1.69. The van der Waals surface area contributed by atoms with Gasteiger partial charge in [0, 0.05) is 12.3 Å². The average Bonchev–Trinajstić information content (AvgIpc) is 2.77. The van der Waals surface area contributed by atoms with Gasteiger partial charge in [-0.1, -0.05) is 35.9 Å². The summed E-state index contributed by atoms with van der Waals surface area (Å²) in [5.74, 6) is 1.12. The van der Waals surface area contributed by atoms with E-state index in [1.54, 1.807) is 21.1 Å². The van der Waals surface area contributed by atoms with Gasteiger partial charge in [0.15, 0.2) is 11.5 Å². The molecule has 0 aliphatic carbocycles. The summed E-state index contributed by atoms with van der Waals surface area (Å²) in [5, 5.41) is 6.73. The van der Waals surface area contributed by atoms with Gasteiger partial charge in [-0.15, -0.1) is 0 Å². The number of ether oxygens (including phenoxy) is 3. The first-order valence-corrected chi connectivity index (χ1v) is 9.90. The number of rotatable bonds is 10. The SMILES string of the molecule is COc1ccc(CCNC(=O)C/C(C)=N/NC(=O)OCc2ccc(C)cc2)cc1OC. The van der Waals surface area contributed by atoms with Crippen LogP contribution in [0.25, 0.3) is 0 Å². The Morgan fingerprint density at radius 1 is 0.968 bits per heavy atom. The lowest BCUT2D eigenvalue weighted by molar-refractivity contribution is -0.119. The number of nitrogens with zero attached hydrogens (tertiary/aromatic N) is 1. The number of benzene rings is 2. The Bertz CT molecular complexity index is 910. The lowest BCUT2D eigenvalue weighted by atomic mass is 10.1. The molecule has 2 N–H and O–H groups in total. The van der Waals surface area contributed by atoms with Crippen LogP contribution in [0.2, 0.25) is 0 Å². The molecule has 0 saturated heterocycles. The molecule has 2 rings (SSSR count). The van der Waals surface area contributed by atoms with Crippen molar-refractivity contribution in [2.24, 2.45) is 5.10 Å². The average molecular weight is 428 g/mol. The van der Waals surface area contributed by atoms with E-state index in [9.17, 15) is 9.59 Å². The Labute approximate surface area is 182 Å². The van der Waals surface area contributed by atoms with E-state index < -0.39 is 6.09 Å². The molecular weight excluding hydrogens is 398 g/mol. The molecule has 0 fully saturated rings. The van der Waals surface area contributed by atoms with Crippen LogP contribution in [0.5, 0.6) is 11.5 Å². The number of nitrogens with one attached hydrogen (secondary N) is 2. The normalized spacial score (nSPS) is 10.9. The molecule has 2 aromatic carbocycles. The lowest BCUT2D eigenvalue weighted by Gasteiger charge is -2.10. The summed E-state index contributed by atoms with van der Waals surface area (Å²) in [6.45, 7) is 4.26. The van der Waals surface area contributed by atoms with Crippen LogP contribution >= 0.6 is 0 Å². The first kappa shape index (κ1) is 23.7. The second-order valence-corrected chi connectivity index (χ2v) is 6.99. The minimum atomic E-state index is -0.672. The zero-order valence-corrected chi connectivity index (χ0v) is 18.4. The highest BCUT2D eigenvalue weighted by molar-refractivity contribution is 6.00. The fourth-order valence-electron chi connectivity index (χ4n) is 2.72. The third kappa shape index (κ3) is 8.38. The van der Waals surface area contributed by atoms with Crippen LogP contribution in [0.3, 0.4) is 0 Å². The van der Waals surface area contributed by atoms with Gasteiger partial charge in [0.25, 0.3) is 0 Å². The van der Waals surface area contributed by atoms with Gasteiger partial charge < -0.3 is 19.5 Å². The Kier molecular flexibility index (Phi) is 9.35. The zero-order chi connectivity index (χ0) is 22.6. The first-order chi connectivity index (χ1) is 14.9. The van der Waals surface area contributed by atoms with E-state index >= 15 is 0 Å². The summed E-state index contributed by atoms with van der Waals surface area (Å²) >= 11 is 0. The first-order valence-electron chi connectivity index (χ1n) is 9.90. The molecule has 0 heterocycles. The number of amides is 2. The summed E-state index contributed by atoms with van der Waals surface area (Å²) < 4.78 is 15.6. The number of carbonyl (C=O) groups excluding carboxylic acids is 2. The molecule has 0 atom stereocenters. The van der Waals surface area contributed by atoms with Crippen LogP contribution in [0.15, 0.2) is 47.6 Å². The molecular formula is C23H29N3O5. The zero-order valence-electron chi connectivity index (χ0n) is 18.4. The van der Waals surface area contributed by atoms with Crippen molar-refractivity contribution in [3.05, 3.63) is 59.2 Å². The number of hydrogen-bond acceptors (Lipinski definition) is 6. The second kappa shape index (κ2) is 12.2. The largest absolute Gasteiger partial charge is 0.493 e. The van der Waals surface area contributed by atoms with Gasteiger partial charge in [0.05, 0.1) is 20.6 Å². The van der Waals surface area contributed by atoms with Crippen LogP contribution in [-0.2, 0) is 22.6 Å². The number of carbonyl (C=O) groups is 2. The predicted molar refractivity (Wildman–Crippen MR) is 118 cm³/mol. The van der Waals surface area contributed by atoms with Gasteiger partial charge >= 0.3 is 6.09 Å². The maximum atomic E-state index is 12.1. The predicted octanol–water partition coefficient (Wildman–Crippen LogP) is 3.36. The summed E-state index contributed by atoms with van der Waals surface area (Å²) in [7, 11) is 3.16. The number of hydrogen-bond donors (Lipinski definition) is 2. The molecule has 0 aromatic heterocycles. The molecule has 0 spiro atoms. The standard InChI is InChI=1S/C23H29N3O5/c1-16-5-7-19(8-6-16)15-31-23(28)26-25-17(2)13-22(27)24-12-11-18-9-10-20(29-3)21(14-18)30-4/h5-10,14H,11-13,15H2,1-4H3,(H,24,27)(H,26,28)/b25-17+. The van der Waals surface area contributed by atoms with Crippen LogP contribution in [0.4, 0.5) is 4.79 Å². The molecule has 0 saturated carbocycles. The van der Waals surface area contributed by atoms with Gasteiger partial charge in [-0.2, -0.15) is 5.10 Å². The molecule has 8 heteroatoms. The van der Waals surface area contributed by atoms with E-state index in [1.807, 2.05) is 49.4 Å². The van der Waals surface area contributed by atoms with Crippen molar-refractivity contribution in [1.29, 1.82) is 0 Å². The molecule has 8 nitrogen and oxygen atoms in total. The summed E-state index contributed by atoms with van der Waals surface area (Å²) in [6, 6.07) is 13.3. The molecule has 2 amide bonds. The van der Waals surface area contributed by atoms with Gasteiger partial charge in [0.2, 0.25) is 5.91 Å². The Morgan fingerprint density at radius 3 is 2.32 bits per heavy atom. The molecule has 0 unspecified atom stereocenters. The number of aryl methyl sites for hydroxylation is 1. The van der Waals surface area contributed by atoms with Gasteiger partial charge in [0.1, 0.15) is 6.61 Å². The van der Waals surface area contributed by atoms with E-state index in [4.69, 9.17) is 14.2 Å². The van der Waals surface area contributed by atoms with Crippen molar-refractivity contribution in [2.45, 2.75) is 33.3 Å². The van der Waals surface area contributed by atoms with Crippen molar-refractivity contribution in [3.63, 3.8) is 0 Å². The molecule has 0 aliphatic heterocycles. The molecule has 31 heavy (non-hydrogen) atoms. The van der Waals surface area contributed by atoms with E-state index in [0.717, 1.165) is 16.7 Å². The lowest BCUT2D eigenvalue weighted by Crippen LogP contribution is -2.28. The van der Waals surface area contributed by atoms with Crippen LogP contribution in [0.1, 0.15) is 30.0 Å². The highest BCUT2D eigenvalue weighted by Crippen LogP contribution is 2.27. The van der Waals surface area contributed by atoms with Gasteiger partial charge in [-0.05, 0) is 43.5 Å². The second-order valence-electron chi connectivity index (χ2n) is 6.99. The van der Waals surface area contributed by atoms with E-state index in [2.05, 4.69) is 15.8 Å². The number of methoxy groups -OCH3 is 2. The fraction of sp³-hybridized carbons (Fsp3) is 0.348. The summed E-state index contributed by atoms with van der Waals surface area (Å²) in [4.78, 5) is 23.8. The van der Waals surface area contributed by atoms with Gasteiger partial charge in [-0.3, -0.25) is 4.79 Å². The van der Waals surface area contributed by atoms with Crippen molar-refractivity contribution < 1.29 is 23.8 Å². The summed E-state index contributed by atoms with van der Waals surface area (Å²) in [5.41, 5.74) is 5.80. The van der Waals surface area contributed by atoms with Crippen molar-refractivity contribution >= 4 is 17.7 Å². The fourth-order valence-corrected chi connectivity index (χ4v) is 2.72. The van der Waals surface area contributed by atoms with E-state index in [1.165, 1.54) is 0 Å². The minimum absolute atomic E-state index is 0.0736. The highest BCUT2D eigenvalue weighted by Gasteiger charge is 2.07. The van der Waals surface area contributed by atoms with E-state index in [-0.39, 0.29) is 18.9 Å². The summed E-state index contributed by atoms with van der Waals surface area (Å²) in [6.07, 6.45) is 0.0459.